The van der Waals surface area contributed by atoms with Gasteiger partial charge in [-0.3, -0.25) is 0 Å². The highest BCUT2D eigenvalue weighted by Gasteiger charge is 2.39. The number of halogens is 3. The van der Waals surface area contributed by atoms with Gasteiger partial charge in [-0.15, -0.1) is 0 Å². The normalized spacial score (nSPS) is 15.6. The fraction of sp³-hybridized carbons (Fsp3) is 0.294. The van der Waals surface area contributed by atoms with Gasteiger partial charge in [0.25, 0.3) is 0 Å². The van der Waals surface area contributed by atoms with E-state index in [1.54, 1.807) is 24.3 Å². The lowest BCUT2D eigenvalue weighted by atomic mass is 9.95. The van der Waals surface area contributed by atoms with Gasteiger partial charge in [-0.1, -0.05) is 55.8 Å². The van der Waals surface area contributed by atoms with Gasteiger partial charge >= 0.3 is 0 Å². The van der Waals surface area contributed by atoms with Crippen LogP contribution in [0.15, 0.2) is 36.4 Å². The van der Waals surface area contributed by atoms with Gasteiger partial charge in [0.2, 0.25) is 0 Å². The second-order valence-corrected chi connectivity index (χ2v) is 6.20. The number of benzene rings is 2. The molecule has 1 fully saturated rings. The molecule has 0 saturated heterocycles. The Labute approximate surface area is 129 Å². The Morgan fingerprint density at radius 2 is 1.70 bits per heavy atom. The molecule has 0 spiro atoms. The van der Waals surface area contributed by atoms with Crippen molar-refractivity contribution in [1.29, 1.82) is 0 Å². The Morgan fingerprint density at radius 3 is 2.25 bits per heavy atom. The van der Waals surface area contributed by atoms with Crippen molar-refractivity contribution < 1.29 is 4.39 Å². The number of rotatable bonds is 2. The van der Waals surface area contributed by atoms with Crippen LogP contribution in [0, 0.1) is 5.82 Å². The second kappa shape index (κ2) is 5.38. The summed E-state index contributed by atoms with van der Waals surface area (Å²) in [5.41, 5.74) is 2.57. The molecule has 20 heavy (non-hydrogen) atoms. The molecule has 0 heterocycles. The highest BCUT2D eigenvalue weighted by atomic mass is 35.5. The quantitative estimate of drug-likeness (QED) is 0.595. The average Bonchev–Trinajstić information content (AvgIpc) is 3.12. The molecule has 0 amide bonds. The molecule has 1 saturated carbocycles. The summed E-state index contributed by atoms with van der Waals surface area (Å²) in [7, 11) is 0. The molecule has 1 aliphatic rings. The molecule has 0 aliphatic heterocycles. The Kier molecular flexibility index (Phi) is 4.13. The first-order valence-corrected chi connectivity index (χ1v) is 7.01. The van der Waals surface area contributed by atoms with E-state index >= 15 is 0 Å². The summed E-state index contributed by atoms with van der Waals surface area (Å²) in [6, 6.07) is 10.6. The van der Waals surface area contributed by atoms with E-state index in [1.807, 2.05) is 12.1 Å². The zero-order valence-electron chi connectivity index (χ0n) is 10.5. The topological polar surface area (TPSA) is 0 Å². The van der Waals surface area contributed by atoms with E-state index < -0.39 is 0 Å². The van der Waals surface area contributed by atoms with E-state index in [4.69, 9.17) is 23.2 Å². The Balaban J connectivity index is 0.00000147. The third-order valence-corrected chi connectivity index (χ3v) is 4.64. The van der Waals surface area contributed by atoms with Crippen LogP contribution in [-0.4, -0.2) is 0 Å². The van der Waals surface area contributed by atoms with Gasteiger partial charge in [-0.25, -0.2) is 4.39 Å². The van der Waals surface area contributed by atoms with Crippen molar-refractivity contribution in [1.82, 2.24) is 0 Å². The Bertz CT molecular complexity index is 645. The summed E-state index contributed by atoms with van der Waals surface area (Å²) >= 11 is 11.9. The molecule has 0 bridgehead atoms. The fourth-order valence-corrected chi connectivity index (χ4v) is 2.56. The van der Waals surface area contributed by atoms with Gasteiger partial charge in [0.05, 0.1) is 10.0 Å². The lowest BCUT2D eigenvalue weighted by Crippen LogP contribution is -2.00. The summed E-state index contributed by atoms with van der Waals surface area (Å²) in [4.78, 5) is 0. The van der Waals surface area contributed by atoms with Gasteiger partial charge < -0.3 is 0 Å². The standard InChI is InChI=1S/C16H13Cl2F.CH4/c1-16(6-7-16)11-3-4-12(15(19)9-11)10-2-5-13(17)14(18)8-10;/h2-5,8-9H,6-7H2,1H3;1H4. The third-order valence-electron chi connectivity index (χ3n) is 3.90. The van der Waals surface area contributed by atoms with Crippen molar-refractivity contribution in [2.75, 3.05) is 0 Å². The van der Waals surface area contributed by atoms with Gasteiger partial charge in [-0.05, 0) is 47.6 Å². The smallest absolute Gasteiger partial charge is 0.131 e. The zero-order chi connectivity index (χ0) is 13.6. The molecule has 0 atom stereocenters. The maximum atomic E-state index is 14.3. The molecule has 3 rings (SSSR count). The van der Waals surface area contributed by atoms with Crippen LogP contribution in [0.2, 0.25) is 10.0 Å². The van der Waals surface area contributed by atoms with Crippen molar-refractivity contribution in [2.45, 2.75) is 32.6 Å². The maximum Gasteiger partial charge on any atom is 0.131 e. The summed E-state index contributed by atoms with van der Waals surface area (Å²) in [6.07, 6.45) is 2.27. The molecular weight excluding hydrogens is 294 g/mol. The first-order valence-electron chi connectivity index (χ1n) is 6.25. The van der Waals surface area contributed by atoms with Crippen molar-refractivity contribution in [3.8, 4) is 11.1 Å². The van der Waals surface area contributed by atoms with E-state index in [-0.39, 0.29) is 18.7 Å². The van der Waals surface area contributed by atoms with Gasteiger partial charge in [0.1, 0.15) is 5.82 Å². The third kappa shape index (κ3) is 2.70. The predicted molar refractivity (Wildman–Crippen MR) is 85.2 cm³/mol. The summed E-state index contributed by atoms with van der Waals surface area (Å²) < 4.78 is 14.3. The number of hydrogen-bond donors (Lipinski definition) is 0. The average molecular weight is 311 g/mol. The molecule has 3 heteroatoms. The van der Waals surface area contributed by atoms with Crippen LogP contribution in [0.25, 0.3) is 11.1 Å². The van der Waals surface area contributed by atoms with Crippen LogP contribution >= 0.6 is 23.2 Å². The largest absolute Gasteiger partial charge is 0.206 e. The van der Waals surface area contributed by atoms with Crippen LogP contribution in [0.1, 0.15) is 32.8 Å². The SMILES string of the molecule is C.CC1(c2ccc(-c3ccc(Cl)c(Cl)c3)c(F)c2)CC1. The minimum Gasteiger partial charge on any atom is -0.206 e. The molecule has 2 aromatic carbocycles. The second-order valence-electron chi connectivity index (χ2n) is 5.38. The van der Waals surface area contributed by atoms with E-state index in [9.17, 15) is 4.39 Å². The molecule has 0 aromatic heterocycles. The lowest BCUT2D eigenvalue weighted by molar-refractivity contribution is 0.624. The van der Waals surface area contributed by atoms with E-state index in [0.717, 1.165) is 24.0 Å². The van der Waals surface area contributed by atoms with Gasteiger partial charge in [0, 0.05) is 5.56 Å². The van der Waals surface area contributed by atoms with E-state index in [2.05, 4.69) is 6.92 Å². The first-order chi connectivity index (χ1) is 8.99. The molecule has 106 valence electrons. The molecule has 0 radical (unpaired) electrons. The molecule has 0 unspecified atom stereocenters. The van der Waals surface area contributed by atoms with Crippen molar-refractivity contribution in [3.63, 3.8) is 0 Å². The van der Waals surface area contributed by atoms with Crippen molar-refractivity contribution >= 4 is 23.2 Å². The van der Waals surface area contributed by atoms with Crippen LogP contribution in [0.5, 0.6) is 0 Å². The van der Waals surface area contributed by atoms with E-state index in [0.29, 0.717) is 15.6 Å². The van der Waals surface area contributed by atoms with Crippen LogP contribution < -0.4 is 0 Å². The molecule has 0 nitrogen and oxygen atoms in total. The maximum absolute atomic E-state index is 14.3. The number of hydrogen-bond acceptors (Lipinski definition) is 0. The van der Waals surface area contributed by atoms with Crippen LogP contribution in [0.3, 0.4) is 0 Å². The summed E-state index contributed by atoms with van der Waals surface area (Å²) in [6.45, 7) is 2.17. The summed E-state index contributed by atoms with van der Waals surface area (Å²) in [5, 5.41) is 0.921. The molecule has 2 aromatic rings. The Morgan fingerprint density at radius 1 is 1.00 bits per heavy atom. The molecule has 0 N–H and O–H groups in total. The van der Waals surface area contributed by atoms with Crippen LogP contribution in [0.4, 0.5) is 4.39 Å². The minimum absolute atomic E-state index is 0. The van der Waals surface area contributed by atoms with E-state index in [1.165, 1.54) is 0 Å². The van der Waals surface area contributed by atoms with Crippen molar-refractivity contribution in [2.24, 2.45) is 0 Å². The highest BCUT2D eigenvalue weighted by molar-refractivity contribution is 6.42. The Hall–Kier alpha value is -1.05. The van der Waals surface area contributed by atoms with Crippen LogP contribution in [-0.2, 0) is 5.41 Å². The fourth-order valence-electron chi connectivity index (χ4n) is 2.26. The zero-order valence-corrected chi connectivity index (χ0v) is 12.0. The van der Waals surface area contributed by atoms with Gasteiger partial charge in [-0.2, -0.15) is 0 Å². The van der Waals surface area contributed by atoms with Crippen molar-refractivity contribution in [3.05, 3.63) is 57.8 Å². The van der Waals surface area contributed by atoms with Gasteiger partial charge in [0.15, 0.2) is 0 Å². The molecular formula is C17H17Cl2F. The highest BCUT2D eigenvalue weighted by Crippen LogP contribution is 2.48. The minimum atomic E-state index is -0.205. The first kappa shape index (κ1) is 15.3. The predicted octanol–water partition coefficient (Wildman–Crippen LogP) is 6.49. The molecule has 1 aliphatic carbocycles. The summed E-state index contributed by atoms with van der Waals surface area (Å²) in [5.74, 6) is -0.205. The monoisotopic (exact) mass is 310 g/mol. The lowest BCUT2D eigenvalue weighted by Gasteiger charge is -2.11.